The molecule has 2 amide bonds. The highest BCUT2D eigenvalue weighted by molar-refractivity contribution is 9.10. The fraction of sp³-hybridized carbons (Fsp3) is 0.333. The molecule has 0 saturated carbocycles. The van der Waals surface area contributed by atoms with Crippen LogP contribution in [0, 0.1) is 0 Å². The lowest BCUT2D eigenvalue weighted by atomic mass is 10.2. The molecule has 0 aromatic heterocycles. The van der Waals surface area contributed by atoms with Gasteiger partial charge in [-0.2, -0.15) is 0 Å². The van der Waals surface area contributed by atoms with Crippen molar-refractivity contribution in [3.8, 4) is 17.2 Å². The van der Waals surface area contributed by atoms with Gasteiger partial charge in [0.25, 0.3) is 11.8 Å². The van der Waals surface area contributed by atoms with E-state index in [9.17, 15) is 9.59 Å². The second-order valence-corrected chi connectivity index (χ2v) is 7.33. The first kappa shape index (κ1) is 22.5. The van der Waals surface area contributed by atoms with E-state index in [1.807, 2.05) is 20.8 Å². The molecule has 156 valence electrons. The minimum Gasteiger partial charge on any atom is -0.494 e. The number of hydrazine groups is 1. The lowest BCUT2D eigenvalue weighted by molar-refractivity contribution is -0.128. The van der Waals surface area contributed by atoms with Crippen molar-refractivity contribution in [2.75, 3.05) is 6.61 Å². The molecule has 0 aliphatic carbocycles. The van der Waals surface area contributed by atoms with Crippen LogP contribution in [0.2, 0.25) is 0 Å². The molecule has 1 unspecified atom stereocenters. The fourth-order valence-electron chi connectivity index (χ4n) is 2.36. The molecule has 2 aromatic carbocycles. The van der Waals surface area contributed by atoms with Crippen molar-refractivity contribution in [3.05, 3.63) is 52.5 Å². The van der Waals surface area contributed by atoms with Gasteiger partial charge in [0, 0.05) is 4.47 Å². The Labute approximate surface area is 178 Å². The lowest BCUT2D eigenvalue weighted by Gasteiger charge is -2.17. The Hall–Kier alpha value is -2.74. The molecule has 2 rings (SSSR count). The van der Waals surface area contributed by atoms with Crippen LogP contribution < -0.4 is 25.1 Å². The normalized spacial score (nSPS) is 11.5. The summed E-state index contributed by atoms with van der Waals surface area (Å²) in [6, 6.07) is 12.0. The van der Waals surface area contributed by atoms with Gasteiger partial charge in [-0.25, -0.2) is 0 Å². The first-order chi connectivity index (χ1) is 13.8. The molecule has 1 atom stereocenters. The summed E-state index contributed by atoms with van der Waals surface area (Å²) in [6.45, 7) is 7.79. The third kappa shape index (κ3) is 6.98. The topological polar surface area (TPSA) is 85.9 Å². The highest BCUT2D eigenvalue weighted by atomic mass is 79.9. The van der Waals surface area contributed by atoms with Gasteiger partial charge in [0.1, 0.15) is 17.2 Å². The van der Waals surface area contributed by atoms with E-state index >= 15 is 0 Å². The molecule has 0 heterocycles. The monoisotopic (exact) mass is 464 g/mol. The molecule has 2 N–H and O–H groups in total. The van der Waals surface area contributed by atoms with E-state index in [1.54, 1.807) is 49.4 Å². The molecule has 29 heavy (non-hydrogen) atoms. The summed E-state index contributed by atoms with van der Waals surface area (Å²) in [7, 11) is 0. The van der Waals surface area contributed by atoms with Gasteiger partial charge in [-0.15, -0.1) is 0 Å². The van der Waals surface area contributed by atoms with Gasteiger partial charge in [0.15, 0.2) is 6.10 Å². The number of ether oxygens (including phenoxy) is 3. The average Bonchev–Trinajstić information content (AvgIpc) is 2.67. The van der Waals surface area contributed by atoms with Crippen molar-refractivity contribution in [2.24, 2.45) is 0 Å². The Kier molecular flexibility index (Phi) is 8.33. The van der Waals surface area contributed by atoms with Crippen LogP contribution in [0.15, 0.2) is 46.9 Å². The number of amides is 2. The van der Waals surface area contributed by atoms with E-state index in [4.69, 9.17) is 14.2 Å². The molecule has 0 fully saturated rings. The van der Waals surface area contributed by atoms with Crippen molar-refractivity contribution in [1.82, 2.24) is 10.9 Å². The van der Waals surface area contributed by atoms with E-state index in [1.165, 1.54) is 0 Å². The van der Waals surface area contributed by atoms with Crippen LogP contribution in [-0.2, 0) is 4.79 Å². The summed E-state index contributed by atoms with van der Waals surface area (Å²) in [5.41, 5.74) is 5.07. The molecule has 0 aliphatic heterocycles. The molecule has 0 bridgehead atoms. The minimum absolute atomic E-state index is 0.104. The number of carbonyl (C=O) groups excluding carboxylic acids is 2. The quantitative estimate of drug-likeness (QED) is 0.579. The predicted molar refractivity (Wildman–Crippen MR) is 113 cm³/mol. The van der Waals surface area contributed by atoms with Crippen LogP contribution in [0.3, 0.4) is 0 Å². The Morgan fingerprint density at radius 2 is 1.62 bits per heavy atom. The molecule has 0 aliphatic rings. The largest absolute Gasteiger partial charge is 0.494 e. The maximum Gasteiger partial charge on any atom is 0.279 e. The van der Waals surface area contributed by atoms with Gasteiger partial charge >= 0.3 is 0 Å². The summed E-state index contributed by atoms with van der Waals surface area (Å²) < 4.78 is 17.4. The molecule has 8 heteroatoms. The number of nitrogens with one attached hydrogen (secondary N) is 2. The molecule has 0 saturated heterocycles. The average molecular weight is 465 g/mol. The van der Waals surface area contributed by atoms with Crippen LogP contribution in [0.4, 0.5) is 0 Å². The zero-order valence-electron chi connectivity index (χ0n) is 16.8. The Morgan fingerprint density at radius 3 is 2.24 bits per heavy atom. The van der Waals surface area contributed by atoms with Crippen LogP contribution >= 0.6 is 15.9 Å². The number of halogens is 1. The Bertz CT molecular complexity index is 839. The van der Waals surface area contributed by atoms with Gasteiger partial charge in [0.2, 0.25) is 0 Å². The highest BCUT2D eigenvalue weighted by Crippen LogP contribution is 2.25. The third-order valence-electron chi connectivity index (χ3n) is 3.67. The molecule has 0 radical (unpaired) electrons. The van der Waals surface area contributed by atoms with Crippen molar-refractivity contribution < 1.29 is 23.8 Å². The van der Waals surface area contributed by atoms with E-state index in [2.05, 4.69) is 26.8 Å². The smallest absolute Gasteiger partial charge is 0.279 e. The maximum atomic E-state index is 12.5. The fourth-order valence-corrected chi connectivity index (χ4v) is 2.70. The summed E-state index contributed by atoms with van der Waals surface area (Å²) in [5, 5.41) is 0. The van der Waals surface area contributed by atoms with Crippen molar-refractivity contribution in [3.63, 3.8) is 0 Å². The maximum absolute atomic E-state index is 12.5. The van der Waals surface area contributed by atoms with E-state index < -0.39 is 17.9 Å². The number of rotatable bonds is 8. The van der Waals surface area contributed by atoms with Gasteiger partial charge in [0.05, 0.1) is 18.3 Å². The van der Waals surface area contributed by atoms with Crippen molar-refractivity contribution in [1.29, 1.82) is 0 Å². The van der Waals surface area contributed by atoms with Gasteiger partial charge in [-0.1, -0.05) is 15.9 Å². The lowest BCUT2D eigenvalue weighted by Crippen LogP contribution is -2.47. The van der Waals surface area contributed by atoms with E-state index in [-0.39, 0.29) is 6.10 Å². The minimum atomic E-state index is -0.815. The van der Waals surface area contributed by atoms with Crippen molar-refractivity contribution in [2.45, 2.75) is 39.9 Å². The van der Waals surface area contributed by atoms with Crippen LogP contribution in [0.25, 0.3) is 0 Å². The summed E-state index contributed by atoms with van der Waals surface area (Å²) in [5.74, 6) is 0.673. The number of benzene rings is 2. The first-order valence-electron chi connectivity index (χ1n) is 9.26. The zero-order valence-corrected chi connectivity index (χ0v) is 18.4. The summed E-state index contributed by atoms with van der Waals surface area (Å²) in [6.07, 6.45) is -0.919. The number of carbonyl (C=O) groups is 2. The van der Waals surface area contributed by atoms with E-state index in [0.29, 0.717) is 23.7 Å². The van der Waals surface area contributed by atoms with E-state index in [0.717, 1.165) is 10.2 Å². The zero-order chi connectivity index (χ0) is 21.4. The Morgan fingerprint density at radius 1 is 0.966 bits per heavy atom. The van der Waals surface area contributed by atoms with Gasteiger partial charge in [-0.05, 0) is 70.2 Å². The Balaban J connectivity index is 1.93. The molecule has 7 nitrogen and oxygen atoms in total. The molecule has 2 aromatic rings. The predicted octanol–water partition coefficient (Wildman–Crippen LogP) is 3.86. The van der Waals surface area contributed by atoms with Crippen LogP contribution in [-0.4, -0.2) is 30.6 Å². The van der Waals surface area contributed by atoms with Crippen LogP contribution in [0.1, 0.15) is 38.1 Å². The summed E-state index contributed by atoms with van der Waals surface area (Å²) >= 11 is 3.36. The number of hydrogen-bond donors (Lipinski definition) is 2. The SMILES string of the molecule is CCOc1ccc(OC(C)C(=O)NNC(=O)c2ccc(Br)cc2OC(C)C)cc1. The molecule has 0 spiro atoms. The first-order valence-corrected chi connectivity index (χ1v) is 10.0. The molecular weight excluding hydrogens is 440 g/mol. The second-order valence-electron chi connectivity index (χ2n) is 6.41. The molecular formula is C21H25BrN2O5. The van der Waals surface area contributed by atoms with Crippen LogP contribution in [0.5, 0.6) is 17.2 Å². The highest BCUT2D eigenvalue weighted by Gasteiger charge is 2.18. The van der Waals surface area contributed by atoms with Gasteiger partial charge < -0.3 is 14.2 Å². The summed E-state index contributed by atoms with van der Waals surface area (Å²) in [4.78, 5) is 24.7. The van der Waals surface area contributed by atoms with Crippen molar-refractivity contribution >= 4 is 27.7 Å². The van der Waals surface area contributed by atoms with Gasteiger partial charge in [-0.3, -0.25) is 20.4 Å². The number of hydrogen-bond acceptors (Lipinski definition) is 5. The standard InChI is InChI=1S/C21H25BrN2O5/c1-5-27-16-7-9-17(10-8-16)29-14(4)20(25)23-24-21(26)18-11-6-15(22)12-19(18)28-13(2)3/h6-14H,5H2,1-4H3,(H,23,25)(H,24,26). The third-order valence-corrected chi connectivity index (χ3v) is 4.16. The second kappa shape index (κ2) is 10.7.